The third kappa shape index (κ3) is 6.17. The molecule has 154 valence electrons. The van der Waals surface area contributed by atoms with E-state index in [1.165, 1.54) is 0 Å². The average Bonchev–Trinajstić information content (AvgIpc) is 2.67. The van der Waals surface area contributed by atoms with E-state index in [1.807, 2.05) is 46.8 Å². The van der Waals surface area contributed by atoms with E-state index in [-0.39, 0.29) is 29.6 Å². The number of nitrogens with one attached hydrogen (secondary N) is 3. The van der Waals surface area contributed by atoms with Crippen LogP contribution in [-0.4, -0.2) is 23.8 Å². The number of aryl methyl sites for hydroxylation is 1. The summed E-state index contributed by atoms with van der Waals surface area (Å²) in [5, 5.41) is 8.47. The summed E-state index contributed by atoms with van der Waals surface area (Å²) in [5.41, 5.74) is 2.66. The molecule has 0 aromatic heterocycles. The molecule has 1 atom stereocenters. The van der Waals surface area contributed by atoms with Gasteiger partial charge in [-0.1, -0.05) is 45.9 Å². The zero-order valence-electron chi connectivity index (χ0n) is 17.6. The summed E-state index contributed by atoms with van der Waals surface area (Å²) >= 11 is 0. The first-order valence-corrected chi connectivity index (χ1v) is 9.77. The number of hydrogen-bond donors (Lipinski definition) is 3. The van der Waals surface area contributed by atoms with Gasteiger partial charge in [0.2, 0.25) is 11.8 Å². The van der Waals surface area contributed by atoms with Crippen LogP contribution in [0.25, 0.3) is 0 Å². The summed E-state index contributed by atoms with van der Waals surface area (Å²) in [6, 6.07) is 13.5. The molecule has 0 saturated heterocycles. The fraction of sp³-hybridized carbons (Fsp3) is 0.348. The van der Waals surface area contributed by atoms with Gasteiger partial charge in [0.25, 0.3) is 5.91 Å². The quantitative estimate of drug-likeness (QED) is 0.663. The molecule has 6 heteroatoms. The number of carbonyl (C=O) groups excluding carboxylic acids is 3. The van der Waals surface area contributed by atoms with Gasteiger partial charge in [0.15, 0.2) is 0 Å². The molecule has 0 radical (unpaired) electrons. The van der Waals surface area contributed by atoms with E-state index >= 15 is 0 Å². The van der Waals surface area contributed by atoms with E-state index in [1.54, 1.807) is 36.4 Å². The molecule has 0 fully saturated rings. The predicted octanol–water partition coefficient (Wildman–Crippen LogP) is 3.98. The molecule has 3 N–H and O–H groups in total. The zero-order valence-corrected chi connectivity index (χ0v) is 17.6. The Balaban J connectivity index is 2.05. The van der Waals surface area contributed by atoms with Gasteiger partial charge in [-0.15, -0.1) is 0 Å². The van der Waals surface area contributed by atoms with Gasteiger partial charge in [-0.3, -0.25) is 14.4 Å². The first kappa shape index (κ1) is 22.1. The van der Waals surface area contributed by atoms with Gasteiger partial charge in [0, 0.05) is 22.9 Å². The van der Waals surface area contributed by atoms with Crippen molar-refractivity contribution in [2.75, 3.05) is 10.6 Å². The smallest absolute Gasteiger partial charge is 0.252 e. The summed E-state index contributed by atoms with van der Waals surface area (Å²) in [5.74, 6) is -0.837. The molecule has 0 unspecified atom stereocenters. The maximum Gasteiger partial charge on any atom is 0.252 e. The number of anilines is 2. The van der Waals surface area contributed by atoms with E-state index in [2.05, 4.69) is 16.0 Å². The maximum absolute atomic E-state index is 12.8. The van der Waals surface area contributed by atoms with Crippen molar-refractivity contribution in [3.05, 3.63) is 59.7 Å². The van der Waals surface area contributed by atoms with Crippen LogP contribution < -0.4 is 16.0 Å². The summed E-state index contributed by atoms with van der Waals surface area (Å²) in [7, 11) is 0. The fourth-order valence-corrected chi connectivity index (χ4v) is 2.73. The molecule has 2 rings (SSSR count). The van der Waals surface area contributed by atoms with Gasteiger partial charge in [0.05, 0.1) is 0 Å². The van der Waals surface area contributed by atoms with Gasteiger partial charge < -0.3 is 16.0 Å². The van der Waals surface area contributed by atoms with E-state index in [9.17, 15) is 14.4 Å². The van der Waals surface area contributed by atoms with Gasteiger partial charge in [-0.05, 0) is 48.7 Å². The third-order valence-electron chi connectivity index (χ3n) is 4.57. The van der Waals surface area contributed by atoms with Crippen LogP contribution in [0.2, 0.25) is 0 Å². The molecular weight excluding hydrogens is 366 g/mol. The van der Waals surface area contributed by atoms with Crippen LogP contribution in [0.1, 0.15) is 43.6 Å². The van der Waals surface area contributed by atoms with Gasteiger partial charge in [-0.2, -0.15) is 0 Å². The average molecular weight is 396 g/mol. The molecule has 0 aliphatic heterocycles. The second-order valence-electron chi connectivity index (χ2n) is 7.72. The second kappa shape index (κ2) is 9.87. The molecule has 0 bridgehead atoms. The Morgan fingerprint density at radius 2 is 1.28 bits per heavy atom. The molecule has 2 aromatic rings. The van der Waals surface area contributed by atoms with E-state index in [0.29, 0.717) is 16.9 Å². The molecule has 0 heterocycles. The summed E-state index contributed by atoms with van der Waals surface area (Å²) < 4.78 is 0. The van der Waals surface area contributed by atoms with E-state index in [4.69, 9.17) is 0 Å². The number of benzene rings is 2. The minimum absolute atomic E-state index is 0.0689. The Kier molecular flexibility index (Phi) is 7.53. The lowest BCUT2D eigenvalue weighted by Gasteiger charge is -2.22. The van der Waals surface area contributed by atoms with Crippen LogP contribution in [0.5, 0.6) is 0 Å². The number of hydrogen-bond acceptors (Lipinski definition) is 3. The monoisotopic (exact) mass is 395 g/mol. The normalized spacial score (nSPS) is 11.8. The Hall–Kier alpha value is -3.15. The molecule has 29 heavy (non-hydrogen) atoms. The second-order valence-corrected chi connectivity index (χ2v) is 7.72. The van der Waals surface area contributed by atoms with Crippen LogP contribution >= 0.6 is 0 Å². The Morgan fingerprint density at radius 1 is 0.759 bits per heavy atom. The molecular formula is C23H29N3O3. The highest BCUT2D eigenvalue weighted by Gasteiger charge is 2.25. The SMILES string of the molecule is Cc1ccccc1C(=O)N[C@H](C(=O)Nc1ccc(NC(=O)C(C)C)cc1)C(C)C. The van der Waals surface area contributed by atoms with Crippen LogP contribution in [-0.2, 0) is 9.59 Å². The number of rotatable bonds is 7. The molecule has 2 aromatic carbocycles. The summed E-state index contributed by atoms with van der Waals surface area (Å²) in [4.78, 5) is 37.1. The lowest BCUT2D eigenvalue weighted by atomic mass is 10.0. The third-order valence-corrected chi connectivity index (χ3v) is 4.57. The zero-order chi connectivity index (χ0) is 21.6. The number of amides is 3. The van der Waals surface area contributed by atoms with Crippen LogP contribution in [0.4, 0.5) is 11.4 Å². The Labute approximate surface area is 172 Å². The van der Waals surface area contributed by atoms with Crippen LogP contribution in [0, 0.1) is 18.8 Å². The molecule has 0 spiro atoms. The van der Waals surface area contributed by atoms with E-state index in [0.717, 1.165) is 5.56 Å². The largest absolute Gasteiger partial charge is 0.340 e. The Bertz CT molecular complexity index is 873. The van der Waals surface area contributed by atoms with Crippen molar-refractivity contribution in [2.45, 2.75) is 40.7 Å². The van der Waals surface area contributed by atoms with Gasteiger partial charge in [-0.25, -0.2) is 0 Å². The molecule has 3 amide bonds. The predicted molar refractivity (Wildman–Crippen MR) is 116 cm³/mol. The topological polar surface area (TPSA) is 87.3 Å². The van der Waals surface area contributed by atoms with Crippen LogP contribution in [0.15, 0.2) is 48.5 Å². The minimum Gasteiger partial charge on any atom is -0.340 e. The Morgan fingerprint density at radius 3 is 1.76 bits per heavy atom. The van der Waals surface area contributed by atoms with Crippen molar-refractivity contribution < 1.29 is 14.4 Å². The highest BCUT2D eigenvalue weighted by atomic mass is 16.2. The van der Waals surface area contributed by atoms with Crippen molar-refractivity contribution in [2.24, 2.45) is 11.8 Å². The molecule has 0 saturated carbocycles. The van der Waals surface area contributed by atoms with Gasteiger partial charge in [0.1, 0.15) is 6.04 Å². The standard InChI is InChI=1S/C23H29N3O3/c1-14(2)20(26-22(28)19-9-7-6-8-16(19)5)23(29)25-18-12-10-17(11-13-18)24-21(27)15(3)4/h6-15,20H,1-5H3,(H,24,27)(H,25,29)(H,26,28)/t20-/m0/s1. The van der Waals surface area contributed by atoms with Gasteiger partial charge >= 0.3 is 0 Å². The van der Waals surface area contributed by atoms with Crippen molar-refractivity contribution in [3.8, 4) is 0 Å². The molecule has 0 aliphatic carbocycles. The molecule has 6 nitrogen and oxygen atoms in total. The summed E-state index contributed by atoms with van der Waals surface area (Å²) in [6.07, 6.45) is 0. The first-order valence-electron chi connectivity index (χ1n) is 9.77. The van der Waals surface area contributed by atoms with Crippen molar-refractivity contribution >= 4 is 29.1 Å². The van der Waals surface area contributed by atoms with Crippen molar-refractivity contribution in [1.82, 2.24) is 5.32 Å². The lowest BCUT2D eigenvalue weighted by Crippen LogP contribution is -2.47. The van der Waals surface area contributed by atoms with Crippen molar-refractivity contribution in [1.29, 1.82) is 0 Å². The summed E-state index contributed by atoms with van der Waals surface area (Å²) in [6.45, 7) is 9.27. The maximum atomic E-state index is 12.8. The fourth-order valence-electron chi connectivity index (χ4n) is 2.73. The first-order chi connectivity index (χ1) is 13.7. The molecule has 0 aliphatic rings. The lowest BCUT2D eigenvalue weighted by molar-refractivity contribution is -0.119. The van der Waals surface area contributed by atoms with Crippen LogP contribution in [0.3, 0.4) is 0 Å². The minimum atomic E-state index is -0.678. The number of carbonyl (C=O) groups is 3. The van der Waals surface area contributed by atoms with E-state index < -0.39 is 6.04 Å². The van der Waals surface area contributed by atoms with Crippen molar-refractivity contribution in [3.63, 3.8) is 0 Å². The highest BCUT2D eigenvalue weighted by molar-refractivity contribution is 6.02. The highest BCUT2D eigenvalue weighted by Crippen LogP contribution is 2.16.